The largest absolute Gasteiger partial charge is 0.481 e. The third kappa shape index (κ3) is 15.0. The van der Waals surface area contributed by atoms with Gasteiger partial charge < -0.3 is 10.4 Å². The summed E-state index contributed by atoms with van der Waals surface area (Å²) in [5.74, 6) is -0.789. The Hall–Kier alpha value is 0.200. The van der Waals surface area contributed by atoms with Crippen molar-refractivity contribution >= 4 is 49.6 Å². The van der Waals surface area contributed by atoms with Crippen molar-refractivity contribution < 1.29 is 14.7 Å². The van der Waals surface area contributed by atoms with Crippen molar-refractivity contribution in [3.05, 3.63) is 0 Å². The minimum Gasteiger partial charge on any atom is -0.481 e. The van der Waals surface area contributed by atoms with Crippen LogP contribution in [-0.4, -0.2) is 61.3 Å². The molecular weight excluding hydrogens is 198 g/mol. The first-order valence-corrected chi connectivity index (χ1v) is 4.09. The molecule has 0 unspecified atom stereocenters. The number of carboxylic acid groups (broad SMARTS) is 1. The fraction of sp³-hybridized carbons (Fsp3) is 0.750. The van der Waals surface area contributed by atoms with Gasteiger partial charge in [-0.1, -0.05) is 6.42 Å². The second-order valence-corrected chi connectivity index (χ2v) is 2.69. The number of rotatable bonds is 6. The molecule has 1 amide bonds. The molecule has 5 heteroatoms. The Balaban J connectivity index is 0. The van der Waals surface area contributed by atoms with Crippen LogP contribution in [0.3, 0.4) is 0 Å². The fourth-order valence-corrected chi connectivity index (χ4v) is 0.842. The molecule has 0 aliphatic rings. The number of unbranched alkanes of at least 4 members (excludes halogenated alkanes) is 2. The van der Waals surface area contributed by atoms with Gasteiger partial charge in [-0.3, -0.25) is 9.59 Å². The summed E-state index contributed by atoms with van der Waals surface area (Å²) >= 11 is 0. The third-order valence-corrected chi connectivity index (χ3v) is 1.44. The summed E-state index contributed by atoms with van der Waals surface area (Å²) in [4.78, 5) is 20.4. The Morgan fingerprint density at radius 2 is 1.85 bits per heavy atom. The second-order valence-electron chi connectivity index (χ2n) is 2.69. The van der Waals surface area contributed by atoms with Gasteiger partial charge in [0.1, 0.15) is 0 Å². The number of hydrogen-bond donors (Lipinski definition) is 2. The molecule has 0 saturated heterocycles. The predicted octanol–water partition coefficient (Wildman–Crippen LogP) is 0.387. The van der Waals surface area contributed by atoms with Crippen LogP contribution in [0.25, 0.3) is 0 Å². The molecule has 0 rings (SSSR count). The third-order valence-electron chi connectivity index (χ3n) is 1.44. The zero-order valence-corrected chi connectivity index (χ0v) is 10.2. The summed E-state index contributed by atoms with van der Waals surface area (Å²) in [6.45, 7) is 2.12. The van der Waals surface area contributed by atoms with Crippen molar-refractivity contribution in [2.45, 2.75) is 32.6 Å². The molecule has 0 saturated carbocycles. The topological polar surface area (TPSA) is 66.4 Å². The summed E-state index contributed by atoms with van der Waals surface area (Å²) in [5, 5.41) is 10.9. The molecule has 0 aliphatic heterocycles. The number of carbonyl (C=O) groups is 2. The molecule has 2 radical (unpaired) electrons. The van der Waals surface area contributed by atoms with Crippen LogP contribution in [0.1, 0.15) is 32.6 Å². The molecule has 0 bridgehead atoms. The van der Waals surface area contributed by atoms with Crippen molar-refractivity contribution in [2.75, 3.05) is 6.54 Å². The van der Waals surface area contributed by atoms with Gasteiger partial charge in [-0.25, -0.2) is 0 Å². The molecule has 0 aliphatic carbocycles. The van der Waals surface area contributed by atoms with E-state index in [-0.39, 0.29) is 50.1 Å². The number of nitrogens with one attached hydrogen (secondary N) is 1. The van der Waals surface area contributed by atoms with Gasteiger partial charge in [0, 0.05) is 57.6 Å². The van der Waals surface area contributed by atoms with E-state index in [1.807, 2.05) is 0 Å². The molecule has 0 aromatic rings. The molecule has 2 N–H and O–H groups in total. The summed E-state index contributed by atoms with van der Waals surface area (Å²) in [6, 6.07) is 0. The van der Waals surface area contributed by atoms with Crippen LogP contribution >= 0.6 is 0 Å². The van der Waals surface area contributed by atoms with Crippen molar-refractivity contribution in [3.8, 4) is 0 Å². The summed E-state index contributed by atoms with van der Waals surface area (Å²) in [7, 11) is 0. The first-order chi connectivity index (χ1) is 5.63. The molecule has 0 heterocycles. The standard InChI is InChI=1S/C8H15NO3.Ca/c1-7(10)9-6-4-2-3-5-8(11)12;/h2-6H2,1H3,(H,9,10)(H,11,12);. The Bertz CT molecular complexity index is 143. The maximum atomic E-state index is 10.4. The molecule has 0 aromatic carbocycles. The van der Waals surface area contributed by atoms with E-state index in [1.54, 1.807) is 0 Å². The number of carboxylic acids is 1. The van der Waals surface area contributed by atoms with Crippen molar-refractivity contribution in [3.63, 3.8) is 0 Å². The zero-order valence-electron chi connectivity index (χ0n) is 8.01. The Morgan fingerprint density at radius 3 is 2.31 bits per heavy atom. The van der Waals surface area contributed by atoms with E-state index in [1.165, 1.54) is 6.92 Å². The van der Waals surface area contributed by atoms with E-state index >= 15 is 0 Å². The average Bonchev–Trinajstić information content (AvgIpc) is 1.95. The first-order valence-electron chi connectivity index (χ1n) is 4.09. The van der Waals surface area contributed by atoms with Crippen molar-refractivity contribution in [1.29, 1.82) is 0 Å². The van der Waals surface area contributed by atoms with Gasteiger partial charge in [-0.15, -0.1) is 0 Å². The Morgan fingerprint density at radius 1 is 1.23 bits per heavy atom. The van der Waals surface area contributed by atoms with E-state index in [9.17, 15) is 9.59 Å². The van der Waals surface area contributed by atoms with Crippen molar-refractivity contribution in [2.24, 2.45) is 0 Å². The molecule has 0 fully saturated rings. The number of hydrogen-bond acceptors (Lipinski definition) is 2. The predicted molar refractivity (Wildman–Crippen MR) is 50.5 cm³/mol. The zero-order chi connectivity index (χ0) is 9.40. The quantitative estimate of drug-likeness (QED) is 0.495. The van der Waals surface area contributed by atoms with Gasteiger partial charge in [0.05, 0.1) is 0 Å². The van der Waals surface area contributed by atoms with Gasteiger partial charge in [0.25, 0.3) is 0 Å². The molecule has 0 spiro atoms. The summed E-state index contributed by atoms with van der Waals surface area (Å²) in [5.41, 5.74) is 0. The van der Waals surface area contributed by atoms with Crippen LogP contribution in [0.5, 0.6) is 0 Å². The Kier molecular flexibility index (Phi) is 12.4. The van der Waals surface area contributed by atoms with Gasteiger partial charge >= 0.3 is 5.97 Å². The van der Waals surface area contributed by atoms with Gasteiger partial charge in [0.2, 0.25) is 5.91 Å². The number of amides is 1. The molecule has 13 heavy (non-hydrogen) atoms. The smallest absolute Gasteiger partial charge is 0.303 e. The van der Waals surface area contributed by atoms with Crippen LogP contribution in [0.15, 0.2) is 0 Å². The van der Waals surface area contributed by atoms with Crippen molar-refractivity contribution in [1.82, 2.24) is 5.32 Å². The summed E-state index contributed by atoms with van der Waals surface area (Å²) in [6.07, 6.45) is 2.62. The minimum absolute atomic E-state index is 0. The normalized spacial score (nSPS) is 8.69. The molecule has 0 aromatic heterocycles. The molecular formula is C8H15CaNO3. The van der Waals surface area contributed by atoms with Crippen LogP contribution in [-0.2, 0) is 9.59 Å². The minimum atomic E-state index is -0.755. The molecule has 72 valence electrons. The van der Waals surface area contributed by atoms with Gasteiger partial charge in [0.15, 0.2) is 0 Å². The maximum absolute atomic E-state index is 10.4. The monoisotopic (exact) mass is 213 g/mol. The average molecular weight is 213 g/mol. The van der Waals surface area contributed by atoms with E-state index in [4.69, 9.17) is 5.11 Å². The van der Waals surface area contributed by atoms with E-state index in [0.29, 0.717) is 13.0 Å². The molecule has 0 atom stereocenters. The van der Waals surface area contributed by atoms with E-state index < -0.39 is 5.97 Å². The van der Waals surface area contributed by atoms with Crippen LogP contribution in [0, 0.1) is 0 Å². The van der Waals surface area contributed by atoms with Gasteiger partial charge in [-0.2, -0.15) is 0 Å². The van der Waals surface area contributed by atoms with Crippen LogP contribution in [0.4, 0.5) is 0 Å². The van der Waals surface area contributed by atoms with E-state index in [0.717, 1.165) is 12.8 Å². The number of aliphatic carboxylic acids is 1. The van der Waals surface area contributed by atoms with E-state index in [2.05, 4.69) is 5.32 Å². The molecule has 4 nitrogen and oxygen atoms in total. The number of carbonyl (C=O) groups excluding carboxylic acids is 1. The SMILES string of the molecule is CC(=O)NCCCCCC(=O)O.[Ca]. The maximum Gasteiger partial charge on any atom is 0.303 e. The fourth-order valence-electron chi connectivity index (χ4n) is 0.842. The van der Waals surface area contributed by atoms with Crippen LogP contribution < -0.4 is 5.32 Å². The first kappa shape index (κ1) is 15.7. The summed E-state index contributed by atoms with van der Waals surface area (Å²) < 4.78 is 0. The van der Waals surface area contributed by atoms with Crippen LogP contribution in [0.2, 0.25) is 0 Å². The van der Waals surface area contributed by atoms with Gasteiger partial charge in [-0.05, 0) is 12.8 Å². The Labute approximate surface area is 108 Å². The second kappa shape index (κ2) is 10.3.